The number of aryl methyl sites for hydroxylation is 1. The Labute approximate surface area is 108 Å². The number of esters is 1. The fraction of sp³-hybridized carbons (Fsp3) is 0.250. The fourth-order valence-electron chi connectivity index (χ4n) is 1.48. The quantitative estimate of drug-likeness (QED) is 0.776. The standard InChI is InChI=1S/C12H12FN3O3/c1-16-11(8-5-3-4-6-9(8)13)14-12(15-16)19-7-10(17)18-2/h3-6H,7H2,1-2H3. The second-order valence-corrected chi connectivity index (χ2v) is 3.69. The topological polar surface area (TPSA) is 66.2 Å². The number of ether oxygens (including phenoxy) is 2. The number of carbonyl (C=O) groups excluding carboxylic acids is 1. The van der Waals surface area contributed by atoms with E-state index in [1.807, 2.05) is 0 Å². The highest BCUT2D eigenvalue weighted by molar-refractivity contribution is 5.70. The SMILES string of the molecule is COC(=O)COc1nc(-c2ccccc2F)n(C)n1. The lowest BCUT2D eigenvalue weighted by Gasteiger charge is -2.00. The van der Waals surface area contributed by atoms with Gasteiger partial charge in [-0.25, -0.2) is 13.9 Å². The lowest BCUT2D eigenvalue weighted by molar-refractivity contribution is -0.143. The normalized spacial score (nSPS) is 10.3. The van der Waals surface area contributed by atoms with Crippen LogP contribution in [0.25, 0.3) is 11.4 Å². The van der Waals surface area contributed by atoms with E-state index < -0.39 is 11.8 Å². The van der Waals surface area contributed by atoms with E-state index in [-0.39, 0.29) is 12.6 Å². The summed E-state index contributed by atoms with van der Waals surface area (Å²) in [4.78, 5) is 15.0. The first-order valence-electron chi connectivity index (χ1n) is 5.47. The van der Waals surface area contributed by atoms with Crippen LogP contribution in [0.2, 0.25) is 0 Å². The molecule has 2 aromatic rings. The van der Waals surface area contributed by atoms with Crippen LogP contribution in [0.1, 0.15) is 0 Å². The molecule has 0 atom stereocenters. The van der Waals surface area contributed by atoms with Crippen LogP contribution in [0.5, 0.6) is 6.01 Å². The maximum atomic E-state index is 13.6. The minimum atomic E-state index is -0.542. The van der Waals surface area contributed by atoms with Gasteiger partial charge >= 0.3 is 12.0 Å². The third-order valence-corrected chi connectivity index (χ3v) is 2.41. The first kappa shape index (κ1) is 13.0. The zero-order valence-electron chi connectivity index (χ0n) is 10.5. The highest BCUT2D eigenvalue weighted by Crippen LogP contribution is 2.21. The Balaban J connectivity index is 2.22. The fourth-order valence-corrected chi connectivity index (χ4v) is 1.48. The molecule has 0 radical (unpaired) electrons. The van der Waals surface area contributed by atoms with Gasteiger partial charge in [0.2, 0.25) is 0 Å². The maximum absolute atomic E-state index is 13.6. The number of rotatable bonds is 4. The molecule has 0 saturated heterocycles. The van der Waals surface area contributed by atoms with Crippen LogP contribution >= 0.6 is 0 Å². The molecule has 1 aromatic heterocycles. The largest absolute Gasteiger partial charge is 0.466 e. The minimum Gasteiger partial charge on any atom is -0.466 e. The summed E-state index contributed by atoms with van der Waals surface area (Å²) in [5.74, 6) is -0.629. The summed E-state index contributed by atoms with van der Waals surface area (Å²) in [6, 6.07) is 6.19. The number of carbonyl (C=O) groups is 1. The molecule has 100 valence electrons. The number of nitrogens with zero attached hydrogens (tertiary/aromatic N) is 3. The number of aromatic nitrogens is 3. The van der Waals surface area contributed by atoms with E-state index in [1.54, 1.807) is 25.2 Å². The van der Waals surface area contributed by atoms with E-state index in [0.29, 0.717) is 11.4 Å². The van der Waals surface area contributed by atoms with Gasteiger partial charge in [-0.3, -0.25) is 0 Å². The van der Waals surface area contributed by atoms with Crippen molar-refractivity contribution in [1.82, 2.24) is 14.8 Å². The number of hydrogen-bond donors (Lipinski definition) is 0. The minimum absolute atomic E-state index is 0.00819. The van der Waals surface area contributed by atoms with Gasteiger partial charge in [-0.05, 0) is 12.1 Å². The number of methoxy groups -OCH3 is 1. The van der Waals surface area contributed by atoms with Gasteiger partial charge in [0, 0.05) is 7.05 Å². The van der Waals surface area contributed by atoms with Crippen LogP contribution in [0, 0.1) is 5.82 Å². The lowest BCUT2D eigenvalue weighted by atomic mass is 10.2. The highest BCUT2D eigenvalue weighted by Gasteiger charge is 2.14. The van der Waals surface area contributed by atoms with Crippen LogP contribution in [0.15, 0.2) is 24.3 Å². The summed E-state index contributed by atoms with van der Waals surface area (Å²) in [6.45, 7) is -0.294. The van der Waals surface area contributed by atoms with Crippen molar-refractivity contribution in [2.45, 2.75) is 0 Å². The van der Waals surface area contributed by atoms with E-state index in [0.717, 1.165) is 0 Å². The van der Waals surface area contributed by atoms with Crippen molar-refractivity contribution >= 4 is 5.97 Å². The molecular formula is C12H12FN3O3. The summed E-state index contributed by atoms with van der Waals surface area (Å²) < 4.78 is 24.5. The molecule has 0 aliphatic rings. The van der Waals surface area contributed by atoms with E-state index >= 15 is 0 Å². The Morgan fingerprint density at radius 3 is 2.84 bits per heavy atom. The van der Waals surface area contributed by atoms with Crippen molar-refractivity contribution in [3.8, 4) is 17.4 Å². The van der Waals surface area contributed by atoms with Crippen molar-refractivity contribution < 1.29 is 18.7 Å². The van der Waals surface area contributed by atoms with Crippen LogP contribution in [-0.2, 0) is 16.6 Å². The van der Waals surface area contributed by atoms with Gasteiger partial charge in [0.15, 0.2) is 12.4 Å². The van der Waals surface area contributed by atoms with Gasteiger partial charge in [0.05, 0.1) is 12.7 Å². The smallest absolute Gasteiger partial charge is 0.344 e. The Morgan fingerprint density at radius 1 is 1.42 bits per heavy atom. The molecule has 19 heavy (non-hydrogen) atoms. The van der Waals surface area contributed by atoms with Crippen molar-refractivity contribution in [2.75, 3.05) is 13.7 Å². The molecule has 0 saturated carbocycles. The third-order valence-electron chi connectivity index (χ3n) is 2.41. The summed E-state index contributed by atoms with van der Waals surface area (Å²) in [7, 11) is 2.86. The summed E-state index contributed by atoms with van der Waals surface area (Å²) in [5.41, 5.74) is 0.311. The van der Waals surface area contributed by atoms with Gasteiger partial charge in [0.1, 0.15) is 5.82 Å². The number of benzene rings is 1. The monoisotopic (exact) mass is 265 g/mol. The van der Waals surface area contributed by atoms with Crippen molar-refractivity contribution in [2.24, 2.45) is 7.05 Å². The molecule has 0 N–H and O–H groups in total. The molecule has 6 nitrogen and oxygen atoms in total. The molecule has 0 fully saturated rings. The first-order chi connectivity index (χ1) is 9.11. The molecule has 2 rings (SSSR count). The Hall–Kier alpha value is -2.44. The Morgan fingerprint density at radius 2 is 2.16 bits per heavy atom. The summed E-state index contributed by atoms with van der Waals surface area (Å²) >= 11 is 0. The third kappa shape index (κ3) is 2.87. The second kappa shape index (κ2) is 5.47. The molecular weight excluding hydrogens is 253 g/mol. The number of halogens is 1. The second-order valence-electron chi connectivity index (χ2n) is 3.69. The highest BCUT2D eigenvalue weighted by atomic mass is 19.1. The molecule has 7 heteroatoms. The molecule has 1 aromatic carbocycles. The molecule has 0 unspecified atom stereocenters. The van der Waals surface area contributed by atoms with Crippen molar-refractivity contribution in [3.63, 3.8) is 0 Å². The van der Waals surface area contributed by atoms with Crippen LogP contribution in [-0.4, -0.2) is 34.5 Å². The Bertz CT molecular complexity index is 598. The molecule has 0 spiro atoms. The van der Waals surface area contributed by atoms with E-state index in [2.05, 4.69) is 14.8 Å². The van der Waals surface area contributed by atoms with E-state index in [4.69, 9.17) is 4.74 Å². The van der Waals surface area contributed by atoms with E-state index in [9.17, 15) is 9.18 Å². The summed E-state index contributed by atoms with van der Waals surface area (Å²) in [6.07, 6.45) is 0. The van der Waals surface area contributed by atoms with Gasteiger partial charge in [0.25, 0.3) is 0 Å². The number of hydrogen-bond acceptors (Lipinski definition) is 5. The lowest BCUT2D eigenvalue weighted by Crippen LogP contribution is -2.13. The molecule has 0 bridgehead atoms. The molecule has 0 amide bonds. The zero-order chi connectivity index (χ0) is 13.8. The predicted octanol–water partition coefficient (Wildman–Crippen LogP) is 1.17. The first-order valence-corrected chi connectivity index (χ1v) is 5.47. The van der Waals surface area contributed by atoms with Crippen molar-refractivity contribution in [3.05, 3.63) is 30.1 Å². The average molecular weight is 265 g/mol. The summed E-state index contributed by atoms with van der Waals surface area (Å²) in [5, 5.41) is 3.94. The van der Waals surface area contributed by atoms with Gasteiger partial charge in [-0.2, -0.15) is 4.98 Å². The molecule has 0 aliphatic heterocycles. The molecule has 0 aliphatic carbocycles. The predicted molar refractivity (Wildman–Crippen MR) is 63.9 cm³/mol. The van der Waals surface area contributed by atoms with Gasteiger partial charge in [-0.15, -0.1) is 5.10 Å². The Kier molecular flexibility index (Phi) is 3.74. The molecule has 1 heterocycles. The average Bonchev–Trinajstić information content (AvgIpc) is 2.77. The zero-order valence-corrected chi connectivity index (χ0v) is 10.5. The van der Waals surface area contributed by atoms with Crippen LogP contribution in [0.4, 0.5) is 4.39 Å². The van der Waals surface area contributed by atoms with Gasteiger partial charge < -0.3 is 9.47 Å². The maximum Gasteiger partial charge on any atom is 0.344 e. The van der Waals surface area contributed by atoms with Crippen LogP contribution < -0.4 is 4.74 Å². The van der Waals surface area contributed by atoms with E-state index in [1.165, 1.54) is 17.9 Å². The van der Waals surface area contributed by atoms with Crippen LogP contribution in [0.3, 0.4) is 0 Å². The van der Waals surface area contributed by atoms with Gasteiger partial charge in [-0.1, -0.05) is 12.1 Å². The van der Waals surface area contributed by atoms with Crippen molar-refractivity contribution in [1.29, 1.82) is 0 Å².